The maximum absolute atomic E-state index is 12.0. The van der Waals surface area contributed by atoms with Crippen molar-refractivity contribution in [2.45, 2.75) is 13.3 Å². The standard InChI is InChI=1S/C13H19N5O2S/c1-9-8-10(12(14)21)17-13(16-9)15-3-2-11(19)18-4-6-20-7-5-18/h8H,2-7H2,1H3,(H2,14,21)(H,15,16,17). The molecule has 1 amide bonds. The zero-order chi connectivity index (χ0) is 15.2. The van der Waals surface area contributed by atoms with Crippen LogP contribution in [0.15, 0.2) is 6.07 Å². The molecule has 0 aliphatic carbocycles. The van der Waals surface area contributed by atoms with E-state index in [0.29, 0.717) is 50.9 Å². The molecule has 21 heavy (non-hydrogen) atoms. The SMILES string of the molecule is Cc1cc(C(N)=S)nc(NCCC(=O)N2CCOCC2)n1. The third-order valence-corrected chi connectivity index (χ3v) is 3.30. The Bertz CT molecular complexity index is 531. The maximum atomic E-state index is 12.0. The minimum atomic E-state index is 0.105. The Morgan fingerprint density at radius 1 is 1.48 bits per heavy atom. The summed E-state index contributed by atoms with van der Waals surface area (Å²) in [5.74, 6) is 0.542. The Balaban J connectivity index is 1.85. The third-order valence-electron chi connectivity index (χ3n) is 3.09. The summed E-state index contributed by atoms with van der Waals surface area (Å²) in [6, 6.07) is 1.73. The van der Waals surface area contributed by atoms with Gasteiger partial charge in [0.05, 0.1) is 13.2 Å². The molecule has 1 aliphatic rings. The summed E-state index contributed by atoms with van der Waals surface area (Å²) in [6.07, 6.45) is 0.389. The number of amides is 1. The van der Waals surface area contributed by atoms with Crippen LogP contribution in [0, 0.1) is 6.92 Å². The number of thiocarbonyl (C=S) groups is 1. The molecule has 114 valence electrons. The van der Waals surface area contributed by atoms with Gasteiger partial charge >= 0.3 is 0 Å². The average molecular weight is 309 g/mol. The minimum absolute atomic E-state index is 0.105. The van der Waals surface area contributed by atoms with Crippen LogP contribution in [0.2, 0.25) is 0 Å². The number of rotatable bonds is 5. The Morgan fingerprint density at radius 3 is 2.86 bits per heavy atom. The minimum Gasteiger partial charge on any atom is -0.388 e. The molecule has 1 aromatic heterocycles. The fourth-order valence-corrected chi connectivity index (χ4v) is 2.13. The lowest BCUT2D eigenvalue weighted by Gasteiger charge is -2.26. The largest absolute Gasteiger partial charge is 0.388 e. The molecule has 0 aromatic carbocycles. The molecule has 0 unspecified atom stereocenters. The van der Waals surface area contributed by atoms with Crippen molar-refractivity contribution in [1.29, 1.82) is 0 Å². The zero-order valence-electron chi connectivity index (χ0n) is 12.0. The first-order chi connectivity index (χ1) is 10.1. The number of ether oxygens (including phenoxy) is 1. The number of hydrogen-bond donors (Lipinski definition) is 2. The lowest BCUT2D eigenvalue weighted by molar-refractivity contribution is -0.134. The van der Waals surface area contributed by atoms with Gasteiger partial charge in [0.25, 0.3) is 0 Å². The molecular weight excluding hydrogens is 290 g/mol. The van der Waals surface area contributed by atoms with E-state index in [1.165, 1.54) is 0 Å². The Morgan fingerprint density at radius 2 is 2.19 bits per heavy atom. The van der Waals surface area contributed by atoms with Gasteiger partial charge in [-0.3, -0.25) is 4.79 Å². The summed E-state index contributed by atoms with van der Waals surface area (Å²) in [4.78, 5) is 22.5. The summed E-state index contributed by atoms with van der Waals surface area (Å²) in [6.45, 7) is 4.84. The molecule has 1 aromatic rings. The van der Waals surface area contributed by atoms with Gasteiger partial charge in [-0.25, -0.2) is 9.97 Å². The van der Waals surface area contributed by atoms with Crippen LogP contribution in [0.4, 0.5) is 5.95 Å². The van der Waals surface area contributed by atoms with Crippen molar-refractivity contribution in [2.24, 2.45) is 5.73 Å². The number of morpholine rings is 1. The number of nitrogens with zero attached hydrogens (tertiary/aromatic N) is 3. The van der Waals surface area contributed by atoms with Gasteiger partial charge in [-0.05, 0) is 13.0 Å². The van der Waals surface area contributed by atoms with E-state index >= 15 is 0 Å². The van der Waals surface area contributed by atoms with E-state index in [1.54, 1.807) is 6.07 Å². The highest BCUT2D eigenvalue weighted by atomic mass is 32.1. The van der Waals surface area contributed by atoms with Gasteiger partial charge in [-0.15, -0.1) is 0 Å². The van der Waals surface area contributed by atoms with Crippen LogP contribution in [0.25, 0.3) is 0 Å². The van der Waals surface area contributed by atoms with Gasteiger partial charge < -0.3 is 20.7 Å². The predicted molar refractivity (Wildman–Crippen MR) is 83.2 cm³/mol. The summed E-state index contributed by atoms with van der Waals surface area (Å²) >= 11 is 4.91. The van der Waals surface area contributed by atoms with Crippen LogP contribution < -0.4 is 11.1 Å². The van der Waals surface area contributed by atoms with Crippen molar-refractivity contribution in [2.75, 3.05) is 38.2 Å². The van der Waals surface area contributed by atoms with Crippen molar-refractivity contribution in [3.63, 3.8) is 0 Å². The van der Waals surface area contributed by atoms with Crippen LogP contribution >= 0.6 is 12.2 Å². The monoisotopic (exact) mass is 309 g/mol. The number of carbonyl (C=O) groups excluding carboxylic acids is 1. The molecule has 1 saturated heterocycles. The van der Waals surface area contributed by atoms with E-state index in [1.807, 2.05) is 11.8 Å². The van der Waals surface area contributed by atoms with Crippen LogP contribution in [-0.4, -0.2) is 58.6 Å². The molecule has 3 N–H and O–H groups in total. The van der Waals surface area contributed by atoms with Gasteiger partial charge in [-0.1, -0.05) is 12.2 Å². The number of carbonyl (C=O) groups is 1. The molecule has 0 saturated carbocycles. The molecule has 1 aliphatic heterocycles. The first-order valence-corrected chi connectivity index (χ1v) is 7.22. The van der Waals surface area contributed by atoms with Crippen LogP contribution in [0.5, 0.6) is 0 Å². The lowest BCUT2D eigenvalue weighted by Crippen LogP contribution is -2.41. The highest BCUT2D eigenvalue weighted by Gasteiger charge is 2.16. The van der Waals surface area contributed by atoms with Gasteiger partial charge in [0.1, 0.15) is 10.7 Å². The van der Waals surface area contributed by atoms with Crippen molar-refractivity contribution < 1.29 is 9.53 Å². The molecule has 0 bridgehead atoms. The van der Waals surface area contributed by atoms with E-state index in [2.05, 4.69) is 15.3 Å². The number of nitrogens with one attached hydrogen (secondary N) is 1. The number of aryl methyl sites for hydroxylation is 1. The van der Waals surface area contributed by atoms with Crippen LogP contribution in [0.3, 0.4) is 0 Å². The lowest BCUT2D eigenvalue weighted by atomic mass is 10.3. The van der Waals surface area contributed by atoms with Gasteiger partial charge in [0, 0.05) is 31.7 Å². The Labute approximate surface area is 128 Å². The number of nitrogens with two attached hydrogens (primary N) is 1. The maximum Gasteiger partial charge on any atom is 0.224 e. The Kier molecular flexibility index (Phi) is 5.40. The first kappa shape index (κ1) is 15.6. The highest BCUT2D eigenvalue weighted by Crippen LogP contribution is 2.06. The number of aromatic nitrogens is 2. The topological polar surface area (TPSA) is 93.4 Å². The van der Waals surface area contributed by atoms with E-state index in [0.717, 1.165) is 5.69 Å². The molecule has 1 fully saturated rings. The zero-order valence-corrected chi connectivity index (χ0v) is 12.8. The van der Waals surface area contributed by atoms with Crippen molar-refractivity contribution >= 4 is 29.1 Å². The van der Waals surface area contributed by atoms with Crippen molar-refractivity contribution in [1.82, 2.24) is 14.9 Å². The van der Waals surface area contributed by atoms with Gasteiger partial charge in [-0.2, -0.15) is 0 Å². The quantitative estimate of drug-likeness (QED) is 0.744. The highest BCUT2D eigenvalue weighted by molar-refractivity contribution is 7.80. The summed E-state index contributed by atoms with van der Waals surface area (Å²) in [5.41, 5.74) is 6.87. The van der Waals surface area contributed by atoms with E-state index in [4.69, 9.17) is 22.7 Å². The number of anilines is 1. The fraction of sp³-hybridized carbons (Fsp3) is 0.538. The average Bonchev–Trinajstić information content (AvgIpc) is 2.47. The van der Waals surface area contributed by atoms with Crippen molar-refractivity contribution in [3.8, 4) is 0 Å². The second-order valence-electron chi connectivity index (χ2n) is 4.75. The summed E-state index contributed by atoms with van der Waals surface area (Å²) < 4.78 is 5.22. The molecule has 8 heteroatoms. The normalized spacial score (nSPS) is 14.8. The molecule has 2 heterocycles. The second kappa shape index (κ2) is 7.28. The molecule has 0 atom stereocenters. The molecule has 0 spiro atoms. The Hall–Kier alpha value is -1.80. The van der Waals surface area contributed by atoms with Gasteiger partial charge in [0.15, 0.2) is 0 Å². The van der Waals surface area contributed by atoms with E-state index < -0.39 is 0 Å². The van der Waals surface area contributed by atoms with E-state index in [9.17, 15) is 4.79 Å². The fourth-order valence-electron chi connectivity index (χ4n) is 2.03. The molecule has 0 radical (unpaired) electrons. The van der Waals surface area contributed by atoms with Crippen LogP contribution in [0.1, 0.15) is 17.8 Å². The smallest absolute Gasteiger partial charge is 0.224 e. The van der Waals surface area contributed by atoms with E-state index in [-0.39, 0.29) is 10.9 Å². The first-order valence-electron chi connectivity index (χ1n) is 6.81. The number of hydrogen-bond acceptors (Lipinski definition) is 6. The summed E-state index contributed by atoms with van der Waals surface area (Å²) in [7, 11) is 0. The third kappa shape index (κ3) is 4.61. The van der Waals surface area contributed by atoms with Crippen molar-refractivity contribution in [3.05, 3.63) is 17.5 Å². The molecular formula is C13H19N5O2S. The predicted octanol–water partition coefficient (Wildman–Crippen LogP) is 0.0800. The summed E-state index contributed by atoms with van der Waals surface area (Å²) in [5, 5.41) is 3.03. The van der Waals surface area contributed by atoms with Gasteiger partial charge in [0.2, 0.25) is 11.9 Å². The second-order valence-corrected chi connectivity index (χ2v) is 5.19. The van der Waals surface area contributed by atoms with Crippen LogP contribution in [-0.2, 0) is 9.53 Å². The molecule has 2 rings (SSSR count). The molecule has 7 nitrogen and oxygen atoms in total.